The Morgan fingerprint density at radius 2 is 2.23 bits per heavy atom. The van der Waals surface area contributed by atoms with Crippen LogP contribution < -0.4 is 0 Å². The minimum Gasteiger partial charge on any atom is -0.334 e. The molecule has 3 rings (SSSR count). The third kappa shape index (κ3) is 1.19. The molecule has 1 aromatic heterocycles. The molecular weight excluding hydrogens is 160 g/mol. The van der Waals surface area contributed by atoms with Gasteiger partial charge in [-0.15, -0.1) is 0 Å². The molecule has 0 saturated heterocycles. The molecule has 2 heteroatoms. The third-order valence-electron chi connectivity index (χ3n) is 3.30. The van der Waals surface area contributed by atoms with E-state index in [1.807, 2.05) is 0 Å². The maximum atomic E-state index is 4.76. The van der Waals surface area contributed by atoms with Crippen LogP contribution in [0.3, 0.4) is 0 Å². The number of aryl methyl sites for hydroxylation is 1. The molecule has 1 atom stereocenters. The summed E-state index contributed by atoms with van der Waals surface area (Å²) in [7, 11) is 0. The van der Waals surface area contributed by atoms with E-state index in [4.69, 9.17) is 4.98 Å². The number of aromatic nitrogens is 2. The quantitative estimate of drug-likeness (QED) is 0.643. The van der Waals surface area contributed by atoms with Crippen LogP contribution in [0, 0.1) is 0 Å². The van der Waals surface area contributed by atoms with E-state index in [0.29, 0.717) is 5.92 Å². The van der Waals surface area contributed by atoms with E-state index in [2.05, 4.69) is 17.7 Å². The molecule has 1 aliphatic heterocycles. The molecule has 0 radical (unpaired) electrons. The molecule has 0 aromatic carbocycles. The molecule has 0 bridgehead atoms. The van der Waals surface area contributed by atoms with Crippen molar-refractivity contribution in [3.05, 3.63) is 17.7 Å². The highest BCUT2D eigenvalue weighted by molar-refractivity contribution is 5.17. The Bertz CT molecular complexity index is 323. The van der Waals surface area contributed by atoms with E-state index in [1.165, 1.54) is 43.7 Å². The number of imidazole rings is 1. The summed E-state index contributed by atoms with van der Waals surface area (Å²) < 4.78 is 2.38. The summed E-state index contributed by atoms with van der Waals surface area (Å²) in [5, 5.41) is 0. The molecule has 1 unspecified atom stereocenters. The molecule has 2 nitrogen and oxygen atoms in total. The van der Waals surface area contributed by atoms with Gasteiger partial charge in [0.25, 0.3) is 0 Å². The van der Waals surface area contributed by atoms with E-state index in [0.717, 1.165) is 5.92 Å². The monoisotopic (exact) mass is 176 g/mol. The van der Waals surface area contributed by atoms with Crippen LogP contribution in [-0.4, -0.2) is 9.55 Å². The van der Waals surface area contributed by atoms with Gasteiger partial charge >= 0.3 is 0 Å². The van der Waals surface area contributed by atoms with Gasteiger partial charge in [0.1, 0.15) is 5.82 Å². The standard InChI is InChI=1S/C11H16N2/c1-8-3-2-6-13-7-10(9-4-5-9)12-11(8)13/h7-9H,2-6H2,1H3. The maximum absolute atomic E-state index is 4.76. The molecule has 0 spiro atoms. The Kier molecular flexibility index (Phi) is 1.52. The lowest BCUT2D eigenvalue weighted by Gasteiger charge is -2.19. The Morgan fingerprint density at radius 1 is 1.38 bits per heavy atom. The lowest BCUT2D eigenvalue weighted by Crippen LogP contribution is -2.12. The normalized spacial score (nSPS) is 27.3. The zero-order chi connectivity index (χ0) is 8.84. The smallest absolute Gasteiger partial charge is 0.111 e. The second kappa shape index (κ2) is 2.60. The fourth-order valence-electron chi connectivity index (χ4n) is 2.30. The number of nitrogens with zero attached hydrogens (tertiary/aromatic N) is 2. The van der Waals surface area contributed by atoms with Crippen LogP contribution in [0.2, 0.25) is 0 Å². The Morgan fingerprint density at radius 3 is 2.92 bits per heavy atom. The first kappa shape index (κ1) is 7.60. The van der Waals surface area contributed by atoms with Crippen LogP contribution in [0.25, 0.3) is 0 Å². The van der Waals surface area contributed by atoms with Gasteiger partial charge in [0.05, 0.1) is 5.69 Å². The Balaban J connectivity index is 1.99. The molecule has 1 saturated carbocycles. The fraction of sp³-hybridized carbons (Fsp3) is 0.727. The molecule has 1 aliphatic carbocycles. The van der Waals surface area contributed by atoms with Crippen molar-refractivity contribution in [2.45, 2.75) is 51.0 Å². The van der Waals surface area contributed by atoms with E-state index >= 15 is 0 Å². The SMILES string of the molecule is CC1CCCn2cc(C3CC3)nc21. The average Bonchev–Trinajstić information content (AvgIpc) is 2.87. The first-order valence-electron chi connectivity index (χ1n) is 5.41. The van der Waals surface area contributed by atoms with Gasteiger partial charge in [0.15, 0.2) is 0 Å². The molecule has 1 fully saturated rings. The molecule has 2 aliphatic rings. The Hall–Kier alpha value is -0.790. The summed E-state index contributed by atoms with van der Waals surface area (Å²) >= 11 is 0. The number of fused-ring (bicyclic) bond motifs is 1. The molecule has 1 aromatic rings. The van der Waals surface area contributed by atoms with E-state index in [9.17, 15) is 0 Å². The van der Waals surface area contributed by atoms with Gasteiger partial charge in [-0.05, 0) is 25.7 Å². The number of hydrogen-bond donors (Lipinski definition) is 0. The minimum atomic E-state index is 0.682. The lowest BCUT2D eigenvalue weighted by molar-refractivity contribution is 0.463. The molecule has 70 valence electrons. The van der Waals surface area contributed by atoms with Gasteiger partial charge in [-0.3, -0.25) is 0 Å². The predicted molar refractivity (Wildman–Crippen MR) is 51.9 cm³/mol. The van der Waals surface area contributed by atoms with E-state index < -0.39 is 0 Å². The molecule has 2 heterocycles. The second-order valence-electron chi connectivity index (χ2n) is 4.53. The van der Waals surface area contributed by atoms with Crippen LogP contribution in [-0.2, 0) is 6.54 Å². The van der Waals surface area contributed by atoms with Gasteiger partial charge in [-0.25, -0.2) is 4.98 Å². The molecule has 13 heavy (non-hydrogen) atoms. The van der Waals surface area contributed by atoms with Crippen LogP contribution in [0.4, 0.5) is 0 Å². The highest BCUT2D eigenvalue weighted by Gasteiger charge is 2.28. The fourth-order valence-corrected chi connectivity index (χ4v) is 2.30. The van der Waals surface area contributed by atoms with Gasteiger partial charge in [0.2, 0.25) is 0 Å². The van der Waals surface area contributed by atoms with Crippen molar-refractivity contribution in [3.63, 3.8) is 0 Å². The van der Waals surface area contributed by atoms with Crippen molar-refractivity contribution in [1.82, 2.24) is 9.55 Å². The van der Waals surface area contributed by atoms with Crippen molar-refractivity contribution >= 4 is 0 Å². The highest BCUT2D eigenvalue weighted by atomic mass is 15.1. The van der Waals surface area contributed by atoms with Crippen molar-refractivity contribution in [1.29, 1.82) is 0 Å². The van der Waals surface area contributed by atoms with Crippen molar-refractivity contribution < 1.29 is 0 Å². The van der Waals surface area contributed by atoms with Gasteiger partial charge in [-0.1, -0.05) is 6.92 Å². The summed E-state index contributed by atoms with van der Waals surface area (Å²) in [6.07, 6.45) is 7.67. The molecular formula is C11H16N2. The molecule has 0 N–H and O–H groups in total. The molecule has 0 amide bonds. The summed E-state index contributed by atoms with van der Waals surface area (Å²) in [6.45, 7) is 3.49. The van der Waals surface area contributed by atoms with Gasteiger partial charge in [0, 0.05) is 24.6 Å². The summed E-state index contributed by atoms with van der Waals surface area (Å²) in [5.41, 5.74) is 1.36. The lowest BCUT2D eigenvalue weighted by atomic mass is 10.0. The summed E-state index contributed by atoms with van der Waals surface area (Å²) in [5.74, 6) is 2.83. The van der Waals surface area contributed by atoms with Crippen LogP contribution in [0.1, 0.15) is 56.0 Å². The van der Waals surface area contributed by atoms with Crippen molar-refractivity contribution in [2.24, 2.45) is 0 Å². The van der Waals surface area contributed by atoms with E-state index in [-0.39, 0.29) is 0 Å². The summed E-state index contributed by atoms with van der Waals surface area (Å²) in [6, 6.07) is 0. The first-order valence-corrected chi connectivity index (χ1v) is 5.41. The topological polar surface area (TPSA) is 17.8 Å². The predicted octanol–water partition coefficient (Wildman–Crippen LogP) is 2.66. The second-order valence-corrected chi connectivity index (χ2v) is 4.53. The highest BCUT2D eigenvalue weighted by Crippen LogP contribution is 2.40. The number of hydrogen-bond acceptors (Lipinski definition) is 1. The van der Waals surface area contributed by atoms with Crippen molar-refractivity contribution in [2.75, 3.05) is 0 Å². The summed E-state index contributed by atoms with van der Waals surface area (Å²) in [4.78, 5) is 4.76. The van der Waals surface area contributed by atoms with Crippen molar-refractivity contribution in [3.8, 4) is 0 Å². The Labute approximate surface area is 79.0 Å². The zero-order valence-electron chi connectivity index (χ0n) is 8.16. The van der Waals surface area contributed by atoms with E-state index in [1.54, 1.807) is 0 Å². The first-order chi connectivity index (χ1) is 6.34. The third-order valence-corrected chi connectivity index (χ3v) is 3.30. The zero-order valence-corrected chi connectivity index (χ0v) is 8.16. The van der Waals surface area contributed by atoms with Crippen LogP contribution in [0.5, 0.6) is 0 Å². The van der Waals surface area contributed by atoms with Crippen LogP contribution in [0.15, 0.2) is 6.20 Å². The van der Waals surface area contributed by atoms with Crippen LogP contribution >= 0.6 is 0 Å². The average molecular weight is 176 g/mol. The van der Waals surface area contributed by atoms with Gasteiger partial charge in [-0.2, -0.15) is 0 Å². The largest absolute Gasteiger partial charge is 0.334 e. The minimum absolute atomic E-state index is 0.682. The van der Waals surface area contributed by atoms with Gasteiger partial charge < -0.3 is 4.57 Å². The number of rotatable bonds is 1. The maximum Gasteiger partial charge on any atom is 0.111 e.